The topological polar surface area (TPSA) is 146 Å². The number of primary amides is 1. The summed E-state index contributed by atoms with van der Waals surface area (Å²) in [5.74, 6) is -2.22. The standard InChI is InChI=1S/C28H34ClFN8O4/c1-35(2)11-12-36(3)28(42)33-18-7-10-22-20(13-18)26(27(31)41)34-38(22)16-24(40)37(19-8-9-19)15-23(39)32-14-17-5-4-6-21(29)25(17)30/h4-7,10,13,19H,8-9,11-12,14-16H2,1-3H3,(H2,31,41)(H,32,39)(H,33,42). The summed E-state index contributed by atoms with van der Waals surface area (Å²) in [4.78, 5) is 55.8. The van der Waals surface area contributed by atoms with E-state index in [-0.39, 0.29) is 53.9 Å². The fourth-order valence-electron chi connectivity index (χ4n) is 4.35. The summed E-state index contributed by atoms with van der Waals surface area (Å²) in [6.45, 7) is 0.671. The second-order valence-electron chi connectivity index (χ2n) is 10.5. The quantitative estimate of drug-likeness (QED) is 0.291. The SMILES string of the molecule is CN(C)CCN(C)C(=O)Nc1ccc2c(c1)c(C(N)=O)nn2CC(=O)N(CC(=O)NCc1cccc(Cl)c1F)C1CC1. The highest BCUT2D eigenvalue weighted by Crippen LogP contribution is 2.28. The summed E-state index contributed by atoms with van der Waals surface area (Å²) in [6, 6.07) is 8.98. The molecule has 12 nitrogen and oxygen atoms in total. The molecule has 2 aromatic carbocycles. The summed E-state index contributed by atoms with van der Waals surface area (Å²) < 4.78 is 15.5. The zero-order chi connectivity index (χ0) is 30.6. The molecular formula is C28H34ClFN8O4. The van der Waals surface area contributed by atoms with Gasteiger partial charge in [-0.15, -0.1) is 0 Å². The van der Waals surface area contributed by atoms with E-state index in [4.69, 9.17) is 17.3 Å². The maximum atomic E-state index is 14.2. The molecule has 1 aliphatic carbocycles. The van der Waals surface area contributed by atoms with Crippen LogP contribution in [0.5, 0.6) is 0 Å². The van der Waals surface area contributed by atoms with Gasteiger partial charge in [-0.05, 0) is 51.2 Å². The van der Waals surface area contributed by atoms with Crippen LogP contribution < -0.4 is 16.4 Å². The number of urea groups is 1. The van der Waals surface area contributed by atoms with Crippen molar-refractivity contribution in [2.45, 2.75) is 32.0 Å². The maximum Gasteiger partial charge on any atom is 0.321 e. The first-order valence-corrected chi connectivity index (χ1v) is 13.8. The molecule has 1 saturated carbocycles. The van der Waals surface area contributed by atoms with Crippen molar-refractivity contribution in [2.75, 3.05) is 46.1 Å². The number of fused-ring (bicyclic) bond motifs is 1. The molecule has 4 rings (SSSR count). The van der Waals surface area contributed by atoms with Crippen LogP contribution in [0.3, 0.4) is 0 Å². The maximum absolute atomic E-state index is 14.2. The normalized spacial score (nSPS) is 12.8. The lowest BCUT2D eigenvalue weighted by molar-refractivity contribution is -0.137. The van der Waals surface area contributed by atoms with E-state index in [9.17, 15) is 23.6 Å². The third-order valence-corrected chi connectivity index (χ3v) is 7.17. The molecule has 0 bridgehead atoms. The predicted molar refractivity (Wildman–Crippen MR) is 156 cm³/mol. The number of nitrogens with one attached hydrogen (secondary N) is 2. The second kappa shape index (κ2) is 13.2. The molecule has 1 aromatic heterocycles. The largest absolute Gasteiger partial charge is 0.364 e. The van der Waals surface area contributed by atoms with Crippen molar-refractivity contribution in [3.8, 4) is 0 Å². The van der Waals surface area contributed by atoms with Crippen LogP contribution in [0.2, 0.25) is 5.02 Å². The highest BCUT2D eigenvalue weighted by atomic mass is 35.5. The zero-order valence-electron chi connectivity index (χ0n) is 23.7. The van der Waals surface area contributed by atoms with Gasteiger partial charge in [-0.25, -0.2) is 9.18 Å². The number of nitrogens with zero attached hydrogens (tertiary/aromatic N) is 5. The van der Waals surface area contributed by atoms with E-state index in [1.165, 1.54) is 26.6 Å². The summed E-state index contributed by atoms with van der Waals surface area (Å²) in [7, 11) is 5.51. The average molecular weight is 601 g/mol. The number of likely N-dealkylation sites (N-methyl/N-ethyl adjacent to an activating group) is 2. The van der Waals surface area contributed by atoms with E-state index in [0.717, 1.165) is 12.8 Å². The minimum absolute atomic E-state index is 0.0415. The summed E-state index contributed by atoms with van der Waals surface area (Å²) in [5, 5.41) is 10.0. The number of anilines is 1. The highest BCUT2D eigenvalue weighted by molar-refractivity contribution is 6.30. The lowest BCUT2D eigenvalue weighted by atomic mass is 10.2. The van der Waals surface area contributed by atoms with Gasteiger partial charge in [-0.2, -0.15) is 5.10 Å². The Balaban J connectivity index is 1.46. The number of benzene rings is 2. The molecule has 0 spiro atoms. The van der Waals surface area contributed by atoms with Gasteiger partial charge in [0.15, 0.2) is 5.69 Å². The number of nitrogens with two attached hydrogens (primary N) is 1. The van der Waals surface area contributed by atoms with Gasteiger partial charge in [-0.1, -0.05) is 23.7 Å². The number of amides is 5. The van der Waals surface area contributed by atoms with E-state index >= 15 is 0 Å². The van der Waals surface area contributed by atoms with Crippen LogP contribution >= 0.6 is 11.6 Å². The number of carbonyl (C=O) groups excluding carboxylic acids is 4. The smallest absolute Gasteiger partial charge is 0.321 e. The Hall–Kier alpha value is -4.23. The number of hydrogen-bond donors (Lipinski definition) is 3. The number of aromatic nitrogens is 2. The molecule has 0 saturated heterocycles. The number of hydrogen-bond acceptors (Lipinski definition) is 6. The second-order valence-corrected chi connectivity index (χ2v) is 10.9. The zero-order valence-corrected chi connectivity index (χ0v) is 24.4. The van der Waals surface area contributed by atoms with Crippen LogP contribution in [0.25, 0.3) is 10.9 Å². The Morgan fingerprint density at radius 2 is 1.86 bits per heavy atom. The molecule has 1 heterocycles. The summed E-state index contributed by atoms with van der Waals surface area (Å²) in [6.07, 6.45) is 1.50. The lowest BCUT2D eigenvalue weighted by Crippen LogP contribution is -2.43. The van der Waals surface area contributed by atoms with E-state index in [1.54, 1.807) is 31.3 Å². The fraction of sp³-hybridized carbons (Fsp3) is 0.393. The molecule has 42 heavy (non-hydrogen) atoms. The van der Waals surface area contributed by atoms with Gasteiger partial charge >= 0.3 is 6.03 Å². The number of rotatable bonds is 12. The van der Waals surface area contributed by atoms with Crippen LogP contribution in [0, 0.1) is 5.82 Å². The van der Waals surface area contributed by atoms with E-state index < -0.39 is 17.6 Å². The Morgan fingerprint density at radius 3 is 2.52 bits per heavy atom. The van der Waals surface area contributed by atoms with Crippen molar-refractivity contribution in [2.24, 2.45) is 5.73 Å². The molecule has 1 aliphatic rings. The minimum atomic E-state index is -0.788. The Kier molecular flexibility index (Phi) is 9.63. The molecule has 0 radical (unpaired) electrons. The molecule has 5 amide bonds. The fourth-order valence-corrected chi connectivity index (χ4v) is 4.54. The highest BCUT2D eigenvalue weighted by Gasteiger charge is 2.34. The summed E-state index contributed by atoms with van der Waals surface area (Å²) >= 11 is 5.81. The molecule has 224 valence electrons. The molecule has 14 heteroatoms. The van der Waals surface area contributed by atoms with Gasteiger partial charge in [0.25, 0.3) is 5.91 Å². The van der Waals surface area contributed by atoms with E-state index in [2.05, 4.69) is 15.7 Å². The van der Waals surface area contributed by atoms with E-state index in [0.29, 0.717) is 29.7 Å². The molecule has 0 atom stereocenters. The van der Waals surface area contributed by atoms with Gasteiger partial charge in [0.05, 0.1) is 17.1 Å². The Labute approximate surface area is 247 Å². The van der Waals surface area contributed by atoms with Crippen molar-refractivity contribution < 1.29 is 23.6 Å². The minimum Gasteiger partial charge on any atom is -0.364 e. The third-order valence-electron chi connectivity index (χ3n) is 6.88. The average Bonchev–Trinajstić information content (AvgIpc) is 3.72. The molecule has 1 fully saturated rings. The van der Waals surface area contributed by atoms with Gasteiger partial charge in [0.2, 0.25) is 11.8 Å². The first kappa shape index (κ1) is 30.7. The van der Waals surface area contributed by atoms with Gasteiger partial charge in [0, 0.05) is 49.4 Å². The lowest BCUT2D eigenvalue weighted by Gasteiger charge is -2.22. The van der Waals surface area contributed by atoms with Gasteiger partial charge < -0.3 is 31.1 Å². The van der Waals surface area contributed by atoms with Crippen molar-refractivity contribution in [1.82, 2.24) is 29.8 Å². The molecule has 0 unspecified atom stereocenters. The van der Waals surface area contributed by atoms with Crippen LogP contribution in [-0.2, 0) is 22.7 Å². The van der Waals surface area contributed by atoms with Gasteiger partial charge in [0.1, 0.15) is 12.4 Å². The molecule has 4 N–H and O–H groups in total. The van der Waals surface area contributed by atoms with Crippen molar-refractivity contribution >= 4 is 51.9 Å². The Bertz CT molecular complexity index is 1510. The van der Waals surface area contributed by atoms with Gasteiger partial charge in [-0.3, -0.25) is 19.1 Å². The number of halogens is 2. The van der Waals surface area contributed by atoms with Crippen LogP contribution in [-0.4, -0.2) is 95.1 Å². The first-order chi connectivity index (χ1) is 19.9. The van der Waals surface area contributed by atoms with E-state index in [1.807, 2.05) is 19.0 Å². The molecular weight excluding hydrogens is 567 g/mol. The predicted octanol–water partition coefficient (Wildman–Crippen LogP) is 2.26. The first-order valence-electron chi connectivity index (χ1n) is 13.4. The summed E-state index contributed by atoms with van der Waals surface area (Å²) in [5.41, 5.74) is 6.67. The molecule has 0 aliphatic heterocycles. The molecule has 3 aromatic rings. The van der Waals surface area contributed by atoms with Crippen LogP contribution in [0.1, 0.15) is 28.9 Å². The van der Waals surface area contributed by atoms with Crippen molar-refractivity contribution in [3.05, 3.63) is 58.5 Å². The Morgan fingerprint density at radius 1 is 1.12 bits per heavy atom. The third kappa shape index (κ3) is 7.53. The monoisotopic (exact) mass is 600 g/mol. The van der Waals surface area contributed by atoms with Crippen molar-refractivity contribution in [3.63, 3.8) is 0 Å². The van der Waals surface area contributed by atoms with Crippen molar-refractivity contribution in [1.29, 1.82) is 0 Å². The number of carbonyl (C=O) groups is 4. The van der Waals surface area contributed by atoms with Crippen LogP contribution in [0.4, 0.5) is 14.9 Å². The van der Waals surface area contributed by atoms with Crippen LogP contribution in [0.15, 0.2) is 36.4 Å².